The van der Waals surface area contributed by atoms with E-state index in [1.165, 1.54) is 0 Å². The van der Waals surface area contributed by atoms with Crippen LogP contribution in [0.3, 0.4) is 0 Å². The van der Waals surface area contributed by atoms with E-state index in [1.807, 2.05) is 26.0 Å². The summed E-state index contributed by atoms with van der Waals surface area (Å²) < 4.78 is 5.27. The van der Waals surface area contributed by atoms with E-state index in [2.05, 4.69) is 4.98 Å². The number of pyridine rings is 1. The number of carbonyl (C=O) groups excluding carboxylic acids is 1. The third-order valence-electron chi connectivity index (χ3n) is 2.93. The Morgan fingerprint density at radius 3 is 2.74 bits per heavy atom. The predicted molar refractivity (Wildman–Crippen MR) is 73.7 cm³/mol. The average molecular weight is 256 g/mol. The van der Waals surface area contributed by atoms with Gasteiger partial charge in [0.1, 0.15) is 6.61 Å². The summed E-state index contributed by atoms with van der Waals surface area (Å²) in [6, 6.07) is 8.91. The number of aromatic nitrogens is 1. The van der Waals surface area contributed by atoms with Gasteiger partial charge in [0.25, 0.3) is 0 Å². The lowest BCUT2D eigenvalue weighted by atomic mass is 10.1. The Labute approximate surface area is 112 Å². The van der Waals surface area contributed by atoms with Crippen LogP contribution in [-0.2, 0) is 11.3 Å². The number of aryl methyl sites for hydroxylation is 2. The van der Waals surface area contributed by atoms with Gasteiger partial charge in [-0.05, 0) is 49.2 Å². The van der Waals surface area contributed by atoms with Crippen LogP contribution in [0.1, 0.15) is 27.2 Å². The van der Waals surface area contributed by atoms with E-state index in [-0.39, 0.29) is 12.6 Å². The number of hydrogen-bond acceptors (Lipinski definition) is 4. The minimum Gasteiger partial charge on any atom is -0.456 e. The molecular weight excluding hydrogens is 240 g/mol. The maximum absolute atomic E-state index is 12.0. The van der Waals surface area contributed by atoms with Gasteiger partial charge in [0.05, 0.1) is 11.3 Å². The first-order valence-electron chi connectivity index (χ1n) is 6.01. The Hall–Kier alpha value is -2.36. The fraction of sp³-hybridized carbons (Fsp3) is 0.200. The van der Waals surface area contributed by atoms with Crippen molar-refractivity contribution in [3.8, 4) is 0 Å². The highest BCUT2D eigenvalue weighted by Crippen LogP contribution is 2.14. The maximum atomic E-state index is 12.0. The smallest absolute Gasteiger partial charge is 0.338 e. The SMILES string of the molecule is Cc1cc(N)ccc1C(=O)OCc1ncccc1C. The highest BCUT2D eigenvalue weighted by atomic mass is 16.5. The topological polar surface area (TPSA) is 65.2 Å². The average Bonchev–Trinajstić information content (AvgIpc) is 2.37. The van der Waals surface area contributed by atoms with Crippen LogP contribution in [0.5, 0.6) is 0 Å². The van der Waals surface area contributed by atoms with Crippen molar-refractivity contribution in [2.75, 3.05) is 5.73 Å². The standard InChI is InChI=1S/C15H16N2O2/c1-10-4-3-7-17-14(10)9-19-15(18)13-6-5-12(16)8-11(13)2/h3-8H,9,16H2,1-2H3. The maximum Gasteiger partial charge on any atom is 0.338 e. The monoisotopic (exact) mass is 256 g/mol. The molecule has 0 aliphatic rings. The van der Waals surface area contributed by atoms with Crippen molar-refractivity contribution < 1.29 is 9.53 Å². The zero-order valence-electron chi connectivity index (χ0n) is 11.0. The molecule has 19 heavy (non-hydrogen) atoms. The normalized spacial score (nSPS) is 10.2. The van der Waals surface area contributed by atoms with Gasteiger partial charge < -0.3 is 10.5 Å². The van der Waals surface area contributed by atoms with Gasteiger partial charge in [-0.15, -0.1) is 0 Å². The number of nitrogens with two attached hydrogens (primary N) is 1. The molecule has 2 aromatic rings. The summed E-state index contributed by atoms with van der Waals surface area (Å²) in [5.41, 5.74) is 9.39. The van der Waals surface area contributed by atoms with Gasteiger partial charge in [-0.3, -0.25) is 4.98 Å². The number of rotatable bonds is 3. The third kappa shape index (κ3) is 3.10. The molecule has 1 heterocycles. The molecule has 0 atom stereocenters. The van der Waals surface area contributed by atoms with Crippen LogP contribution in [0.25, 0.3) is 0 Å². The zero-order chi connectivity index (χ0) is 13.8. The molecule has 1 aromatic carbocycles. The van der Waals surface area contributed by atoms with Crippen LogP contribution in [0.2, 0.25) is 0 Å². The van der Waals surface area contributed by atoms with Gasteiger partial charge in [-0.25, -0.2) is 4.79 Å². The largest absolute Gasteiger partial charge is 0.456 e. The molecule has 2 rings (SSSR count). The van der Waals surface area contributed by atoms with Crippen LogP contribution >= 0.6 is 0 Å². The number of esters is 1. The lowest BCUT2D eigenvalue weighted by molar-refractivity contribution is 0.0466. The Balaban J connectivity index is 2.08. The minimum atomic E-state index is -0.359. The highest BCUT2D eigenvalue weighted by molar-refractivity contribution is 5.91. The van der Waals surface area contributed by atoms with Crippen molar-refractivity contribution in [1.82, 2.24) is 4.98 Å². The second-order valence-corrected chi connectivity index (χ2v) is 4.42. The second-order valence-electron chi connectivity index (χ2n) is 4.42. The molecule has 0 unspecified atom stereocenters. The number of nitrogens with zero attached hydrogens (tertiary/aromatic N) is 1. The lowest BCUT2D eigenvalue weighted by Gasteiger charge is -2.08. The summed E-state index contributed by atoms with van der Waals surface area (Å²) in [5.74, 6) is -0.359. The van der Waals surface area contributed by atoms with Crippen LogP contribution in [0, 0.1) is 13.8 Å². The van der Waals surface area contributed by atoms with Gasteiger partial charge in [-0.1, -0.05) is 6.07 Å². The molecular formula is C15H16N2O2. The molecule has 4 heteroatoms. The highest BCUT2D eigenvalue weighted by Gasteiger charge is 2.11. The molecule has 0 amide bonds. The molecule has 98 valence electrons. The first kappa shape index (κ1) is 13.1. The van der Waals surface area contributed by atoms with Gasteiger partial charge in [0.15, 0.2) is 0 Å². The van der Waals surface area contributed by atoms with Crippen molar-refractivity contribution >= 4 is 11.7 Å². The van der Waals surface area contributed by atoms with E-state index in [1.54, 1.807) is 24.4 Å². The minimum absolute atomic E-state index is 0.176. The molecule has 0 saturated heterocycles. The summed E-state index contributed by atoms with van der Waals surface area (Å²) >= 11 is 0. The fourth-order valence-electron chi connectivity index (χ4n) is 1.80. The lowest BCUT2D eigenvalue weighted by Crippen LogP contribution is -2.09. The Morgan fingerprint density at radius 1 is 1.26 bits per heavy atom. The third-order valence-corrected chi connectivity index (χ3v) is 2.93. The molecule has 0 aliphatic carbocycles. The van der Waals surface area contributed by atoms with Crippen molar-refractivity contribution in [3.63, 3.8) is 0 Å². The van der Waals surface area contributed by atoms with Crippen molar-refractivity contribution in [1.29, 1.82) is 0 Å². The van der Waals surface area contributed by atoms with E-state index in [0.29, 0.717) is 11.3 Å². The molecule has 0 bridgehead atoms. The van der Waals surface area contributed by atoms with Gasteiger partial charge in [0.2, 0.25) is 0 Å². The van der Waals surface area contributed by atoms with Gasteiger partial charge in [-0.2, -0.15) is 0 Å². The summed E-state index contributed by atoms with van der Waals surface area (Å²) in [7, 11) is 0. The fourth-order valence-corrected chi connectivity index (χ4v) is 1.80. The van der Waals surface area contributed by atoms with Crippen LogP contribution < -0.4 is 5.73 Å². The van der Waals surface area contributed by atoms with E-state index in [9.17, 15) is 4.79 Å². The van der Waals surface area contributed by atoms with Crippen LogP contribution in [0.15, 0.2) is 36.5 Å². The molecule has 0 radical (unpaired) electrons. The molecule has 0 fully saturated rings. The van der Waals surface area contributed by atoms with Crippen molar-refractivity contribution in [2.45, 2.75) is 20.5 Å². The van der Waals surface area contributed by atoms with Crippen LogP contribution in [-0.4, -0.2) is 11.0 Å². The summed E-state index contributed by atoms with van der Waals surface area (Å²) in [6.07, 6.45) is 1.69. The van der Waals surface area contributed by atoms with E-state index >= 15 is 0 Å². The molecule has 2 N–H and O–H groups in total. The van der Waals surface area contributed by atoms with E-state index in [0.717, 1.165) is 16.8 Å². The summed E-state index contributed by atoms with van der Waals surface area (Å²) in [4.78, 5) is 16.2. The zero-order valence-corrected chi connectivity index (χ0v) is 11.0. The number of hydrogen-bond donors (Lipinski definition) is 1. The summed E-state index contributed by atoms with van der Waals surface area (Å²) in [6.45, 7) is 3.94. The van der Waals surface area contributed by atoms with Gasteiger partial charge in [0, 0.05) is 11.9 Å². The number of benzene rings is 1. The number of anilines is 1. The molecule has 0 aliphatic heterocycles. The van der Waals surface area contributed by atoms with Crippen LogP contribution in [0.4, 0.5) is 5.69 Å². The number of carbonyl (C=O) groups is 1. The van der Waals surface area contributed by atoms with Crippen molar-refractivity contribution in [3.05, 3.63) is 58.9 Å². The molecule has 0 spiro atoms. The Bertz CT molecular complexity index is 609. The molecule has 1 aromatic heterocycles. The number of ether oxygens (including phenoxy) is 1. The predicted octanol–water partition coefficient (Wildman–Crippen LogP) is 2.64. The Kier molecular flexibility index (Phi) is 3.80. The first-order valence-corrected chi connectivity index (χ1v) is 6.01. The Morgan fingerprint density at radius 2 is 2.05 bits per heavy atom. The molecule has 4 nitrogen and oxygen atoms in total. The second kappa shape index (κ2) is 5.52. The first-order chi connectivity index (χ1) is 9.08. The number of nitrogen functional groups attached to an aromatic ring is 1. The molecule has 0 saturated carbocycles. The summed E-state index contributed by atoms with van der Waals surface area (Å²) in [5, 5.41) is 0. The van der Waals surface area contributed by atoms with Gasteiger partial charge >= 0.3 is 5.97 Å². The van der Waals surface area contributed by atoms with E-state index < -0.39 is 0 Å². The van der Waals surface area contributed by atoms with Crippen molar-refractivity contribution in [2.24, 2.45) is 0 Å². The quantitative estimate of drug-likeness (QED) is 0.677. The van der Waals surface area contributed by atoms with E-state index in [4.69, 9.17) is 10.5 Å².